The van der Waals surface area contributed by atoms with Crippen molar-refractivity contribution < 1.29 is 14.4 Å². The first kappa shape index (κ1) is 18.2. The Labute approximate surface area is 169 Å². The molecule has 5 rings (SSSR count). The summed E-state index contributed by atoms with van der Waals surface area (Å²) in [7, 11) is 0. The number of allylic oxidation sites excluding steroid dienone is 2. The van der Waals surface area contributed by atoms with Gasteiger partial charge in [0.15, 0.2) is 0 Å². The van der Waals surface area contributed by atoms with Gasteiger partial charge < -0.3 is 14.8 Å². The van der Waals surface area contributed by atoms with Crippen LogP contribution in [0.3, 0.4) is 0 Å². The highest BCUT2D eigenvalue weighted by molar-refractivity contribution is 5.62. The van der Waals surface area contributed by atoms with Crippen LogP contribution in [0.2, 0.25) is 0 Å². The third kappa shape index (κ3) is 3.49. The SMILES string of the molecule is O=[N+]([O-])c1cccc(C2Nc3ccc(OCC4CCCO4)cc3C3C=CCC32)c1. The van der Waals surface area contributed by atoms with Crippen molar-refractivity contribution in [3.63, 3.8) is 0 Å². The Balaban J connectivity index is 1.41. The summed E-state index contributed by atoms with van der Waals surface area (Å²) in [5, 5.41) is 14.8. The summed E-state index contributed by atoms with van der Waals surface area (Å²) in [5.41, 5.74) is 3.40. The number of benzene rings is 2. The zero-order valence-corrected chi connectivity index (χ0v) is 16.1. The normalized spacial score (nSPS) is 27.2. The molecule has 4 atom stereocenters. The van der Waals surface area contributed by atoms with Gasteiger partial charge in [0.1, 0.15) is 12.4 Å². The van der Waals surface area contributed by atoms with E-state index in [0.29, 0.717) is 12.5 Å². The fourth-order valence-corrected chi connectivity index (χ4v) is 4.79. The molecule has 29 heavy (non-hydrogen) atoms. The molecule has 0 spiro atoms. The maximum atomic E-state index is 11.2. The van der Waals surface area contributed by atoms with Crippen LogP contribution in [0.5, 0.6) is 5.75 Å². The first-order valence-corrected chi connectivity index (χ1v) is 10.2. The van der Waals surface area contributed by atoms with E-state index in [0.717, 1.165) is 42.9 Å². The van der Waals surface area contributed by atoms with Crippen molar-refractivity contribution in [2.24, 2.45) is 5.92 Å². The topological polar surface area (TPSA) is 73.6 Å². The lowest BCUT2D eigenvalue weighted by molar-refractivity contribution is -0.384. The first-order chi connectivity index (χ1) is 14.2. The van der Waals surface area contributed by atoms with E-state index in [9.17, 15) is 10.1 Å². The Morgan fingerprint density at radius 1 is 1.24 bits per heavy atom. The van der Waals surface area contributed by atoms with Crippen LogP contribution in [-0.4, -0.2) is 24.2 Å². The van der Waals surface area contributed by atoms with Crippen molar-refractivity contribution in [1.82, 2.24) is 0 Å². The lowest BCUT2D eigenvalue weighted by Gasteiger charge is -2.37. The molecule has 1 saturated heterocycles. The molecule has 3 aliphatic rings. The van der Waals surface area contributed by atoms with Crippen LogP contribution in [-0.2, 0) is 4.74 Å². The minimum Gasteiger partial charge on any atom is -0.491 e. The summed E-state index contributed by atoms with van der Waals surface area (Å²) in [5.74, 6) is 1.48. The predicted molar refractivity (Wildman–Crippen MR) is 110 cm³/mol. The number of fused-ring (bicyclic) bond motifs is 3. The minimum atomic E-state index is -0.331. The van der Waals surface area contributed by atoms with Gasteiger partial charge in [0, 0.05) is 30.3 Å². The molecule has 1 N–H and O–H groups in total. The number of non-ortho nitro benzene ring substituents is 1. The predicted octanol–water partition coefficient (Wildman–Crippen LogP) is 4.98. The van der Waals surface area contributed by atoms with Crippen molar-refractivity contribution in [2.45, 2.75) is 37.3 Å². The monoisotopic (exact) mass is 392 g/mol. The van der Waals surface area contributed by atoms with Crippen molar-refractivity contribution in [3.05, 3.63) is 75.9 Å². The van der Waals surface area contributed by atoms with E-state index in [1.165, 1.54) is 5.56 Å². The van der Waals surface area contributed by atoms with E-state index in [-0.39, 0.29) is 28.7 Å². The summed E-state index contributed by atoms with van der Waals surface area (Å²) in [4.78, 5) is 10.9. The van der Waals surface area contributed by atoms with Gasteiger partial charge in [-0.2, -0.15) is 0 Å². The van der Waals surface area contributed by atoms with Gasteiger partial charge in [0.05, 0.1) is 17.1 Å². The Kier molecular flexibility index (Phi) is 4.72. The summed E-state index contributed by atoms with van der Waals surface area (Å²) < 4.78 is 11.7. The van der Waals surface area contributed by atoms with Crippen LogP contribution in [0.1, 0.15) is 42.3 Å². The number of nitrogens with one attached hydrogen (secondary N) is 1. The molecule has 4 unspecified atom stereocenters. The van der Waals surface area contributed by atoms with Gasteiger partial charge in [-0.1, -0.05) is 24.3 Å². The second-order valence-electron chi connectivity index (χ2n) is 8.02. The Bertz CT molecular complexity index is 952. The van der Waals surface area contributed by atoms with E-state index in [4.69, 9.17) is 9.47 Å². The Morgan fingerprint density at radius 2 is 2.17 bits per heavy atom. The van der Waals surface area contributed by atoms with Gasteiger partial charge in [0.25, 0.3) is 5.69 Å². The van der Waals surface area contributed by atoms with Gasteiger partial charge in [0.2, 0.25) is 0 Å². The molecule has 2 aromatic carbocycles. The summed E-state index contributed by atoms with van der Waals surface area (Å²) in [6.07, 6.45) is 7.79. The van der Waals surface area contributed by atoms with Crippen molar-refractivity contribution >= 4 is 11.4 Å². The molecule has 6 heteroatoms. The molecule has 1 fully saturated rings. The van der Waals surface area contributed by atoms with E-state index < -0.39 is 0 Å². The van der Waals surface area contributed by atoms with Crippen molar-refractivity contribution in [2.75, 3.05) is 18.5 Å². The molecule has 2 aromatic rings. The second-order valence-corrected chi connectivity index (χ2v) is 8.02. The average Bonchev–Trinajstić information content (AvgIpc) is 3.44. The highest BCUT2D eigenvalue weighted by Gasteiger charge is 2.38. The number of hydrogen-bond acceptors (Lipinski definition) is 5. The number of anilines is 1. The molecule has 0 aromatic heterocycles. The highest BCUT2D eigenvalue weighted by atomic mass is 16.6. The largest absolute Gasteiger partial charge is 0.491 e. The fraction of sp³-hybridized carbons (Fsp3) is 0.391. The number of hydrogen-bond donors (Lipinski definition) is 1. The summed E-state index contributed by atoms with van der Waals surface area (Å²) in [6, 6.07) is 13.2. The number of rotatable bonds is 5. The molecule has 150 valence electrons. The van der Waals surface area contributed by atoms with E-state index in [1.807, 2.05) is 12.1 Å². The molecule has 1 aliphatic carbocycles. The maximum Gasteiger partial charge on any atom is 0.269 e. The average molecular weight is 392 g/mol. The Morgan fingerprint density at radius 3 is 3.00 bits per heavy atom. The van der Waals surface area contributed by atoms with Gasteiger partial charge in [-0.3, -0.25) is 10.1 Å². The highest BCUT2D eigenvalue weighted by Crippen LogP contribution is 2.50. The molecule has 0 amide bonds. The van der Waals surface area contributed by atoms with Gasteiger partial charge >= 0.3 is 0 Å². The molecular formula is C23H24N2O4. The third-order valence-corrected chi connectivity index (χ3v) is 6.23. The number of nitrogens with zero attached hydrogens (tertiary/aromatic N) is 1. The van der Waals surface area contributed by atoms with Crippen LogP contribution in [0, 0.1) is 16.0 Å². The molecule has 0 saturated carbocycles. The number of nitro groups is 1. The third-order valence-electron chi connectivity index (χ3n) is 6.23. The van der Waals surface area contributed by atoms with E-state index in [2.05, 4.69) is 29.6 Å². The number of ether oxygens (including phenoxy) is 2. The van der Waals surface area contributed by atoms with E-state index in [1.54, 1.807) is 18.2 Å². The van der Waals surface area contributed by atoms with Crippen molar-refractivity contribution in [1.29, 1.82) is 0 Å². The van der Waals surface area contributed by atoms with Crippen LogP contribution in [0.4, 0.5) is 11.4 Å². The molecule has 2 heterocycles. The summed E-state index contributed by atoms with van der Waals surface area (Å²) >= 11 is 0. The van der Waals surface area contributed by atoms with Crippen molar-refractivity contribution in [3.8, 4) is 5.75 Å². The van der Waals surface area contributed by atoms with Crippen LogP contribution < -0.4 is 10.1 Å². The lowest BCUT2D eigenvalue weighted by atomic mass is 9.77. The van der Waals surface area contributed by atoms with Crippen LogP contribution in [0.25, 0.3) is 0 Å². The molecule has 0 radical (unpaired) electrons. The quantitative estimate of drug-likeness (QED) is 0.441. The van der Waals surface area contributed by atoms with E-state index >= 15 is 0 Å². The summed E-state index contributed by atoms with van der Waals surface area (Å²) in [6.45, 7) is 1.42. The van der Waals surface area contributed by atoms with Crippen LogP contribution in [0.15, 0.2) is 54.6 Å². The zero-order chi connectivity index (χ0) is 19.8. The fourth-order valence-electron chi connectivity index (χ4n) is 4.79. The lowest BCUT2D eigenvalue weighted by Crippen LogP contribution is -2.29. The maximum absolute atomic E-state index is 11.2. The zero-order valence-electron chi connectivity index (χ0n) is 16.1. The molecule has 0 bridgehead atoms. The number of nitro benzene ring substituents is 1. The molecular weight excluding hydrogens is 368 g/mol. The smallest absolute Gasteiger partial charge is 0.269 e. The molecule has 6 nitrogen and oxygen atoms in total. The second kappa shape index (κ2) is 7.52. The molecule has 2 aliphatic heterocycles. The Hall–Kier alpha value is -2.86. The van der Waals surface area contributed by atoms with Gasteiger partial charge in [-0.25, -0.2) is 0 Å². The van der Waals surface area contributed by atoms with Crippen LogP contribution >= 0.6 is 0 Å². The first-order valence-electron chi connectivity index (χ1n) is 10.2. The van der Waals surface area contributed by atoms with Gasteiger partial charge in [-0.15, -0.1) is 0 Å². The standard InChI is InChI=1S/C23H24N2O4/c26-25(27)16-5-1-4-15(12-16)23-20-8-2-7-19(20)21-13-17(9-10-22(21)24-23)29-14-18-6-3-11-28-18/h1-2,4-5,7,9-10,12-13,18-20,23-24H,3,6,8,11,14H2. The minimum absolute atomic E-state index is 0.0426. The van der Waals surface area contributed by atoms with Gasteiger partial charge in [-0.05, 0) is 54.5 Å².